The second kappa shape index (κ2) is 8.27. The molecule has 2 aromatic rings. The Morgan fingerprint density at radius 2 is 1.00 bits per heavy atom. The van der Waals surface area contributed by atoms with Crippen LogP contribution in [0.15, 0.2) is 87.8 Å². The Morgan fingerprint density at radius 1 is 0.647 bits per heavy atom. The summed E-state index contributed by atoms with van der Waals surface area (Å²) in [6, 6.07) is 12.5. The van der Waals surface area contributed by atoms with Crippen LogP contribution in [0, 0.1) is 11.6 Å². The topological polar surface area (TPSA) is 18.5 Å². The Labute approximate surface area is 207 Å². The summed E-state index contributed by atoms with van der Waals surface area (Å²) in [5.41, 5.74) is 5.50. The molecule has 0 bridgehead atoms. The molecule has 0 radical (unpaired) electrons. The maximum atomic E-state index is 13.8. The van der Waals surface area contributed by atoms with Crippen molar-refractivity contribution in [3.8, 4) is 11.5 Å². The Bertz CT molecular complexity index is 1210. The third-order valence-corrected chi connectivity index (χ3v) is 21.4. The average molecular weight is 556 g/mol. The van der Waals surface area contributed by atoms with Gasteiger partial charge in [-0.05, 0) is 0 Å². The number of halogens is 2. The van der Waals surface area contributed by atoms with E-state index in [1.54, 1.807) is 24.3 Å². The zero-order chi connectivity index (χ0) is 24.4. The number of hydrogen-bond donors (Lipinski definition) is 0. The first-order valence-electron chi connectivity index (χ1n) is 11.8. The van der Waals surface area contributed by atoms with Crippen LogP contribution >= 0.6 is 0 Å². The number of benzene rings is 2. The molecule has 0 saturated carbocycles. The Hall–Kier alpha value is -2.04. The molecule has 2 aliphatic carbocycles. The van der Waals surface area contributed by atoms with Crippen molar-refractivity contribution >= 4 is 8.07 Å². The van der Waals surface area contributed by atoms with E-state index >= 15 is 0 Å². The van der Waals surface area contributed by atoms with E-state index in [9.17, 15) is 8.78 Å². The molecule has 1 aliphatic heterocycles. The fraction of sp³-hybridized carbons (Fsp3) is 0.286. The van der Waals surface area contributed by atoms with Gasteiger partial charge in [-0.15, -0.1) is 0 Å². The summed E-state index contributed by atoms with van der Waals surface area (Å²) in [4.78, 5) is 0. The molecule has 34 heavy (non-hydrogen) atoms. The van der Waals surface area contributed by atoms with Crippen LogP contribution in [-0.4, -0.2) is 8.07 Å². The van der Waals surface area contributed by atoms with Crippen molar-refractivity contribution in [2.75, 3.05) is 0 Å². The Balaban J connectivity index is 1.78. The van der Waals surface area contributed by atoms with Gasteiger partial charge in [-0.3, -0.25) is 0 Å². The third kappa shape index (κ3) is 3.56. The molecule has 1 heterocycles. The van der Waals surface area contributed by atoms with Gasteiger partial charge in [-0.2, -0.15) is 0 Å². The quantitative estimate of drug-likeness (QED) is 0.354. The molecule has 0 amide bonds. The van der Waals surface area contributed by atoms with Crippen molar-refractivity contribution < 1.29 is 35.6 Å². The summed E-state index contributed by atoms with van der Waals surface area (Å²) in [6.45, 7) is 13.8. The van der Waals surface area contributed by atoms with Gasteiger partial charge in [0, 0.05) is 0 Å². The fourth-order valence-electron chi connectivity index (χ4n) is 6.02. The van der Waals surface area contributed by atoms with Crippen molar-refractivity contribution in [2.24, 2.45) is 0 Å². The van der Waals surface area contributed by atoms with Crippen molar-refractivity contribution in [3.05, 3.63) is 99.4 Å². The second-order valence-corrected chi connectivity index (χ2v) is 21.5. The molecule has 2 aromatic carbocycles. The molecule has 0 spiro atoms. The molecule has 5 rings (SSSR count). The van der Waals surface area contributed by atoms with Gasteiger partial charge in [-0.1, -0.05) is 0 Å². The van der Waals surface area contributed by atoms with Gasteiger partial charge in [0.2, 0.25) is 0 Å². The van der Waals surface area contributed by atoms with Gasteiger partial charge in [0.1, 0.15) is 0 Å². The molecule has 3 aliphatic rings. The molecular weight excluding hydrogens is 526 g/mol. The molecule has 0 fully saturated rings. The number of allylic oxidation sites excluding steroid dienone is 8. The van der Waals surface area contributed by atoms with E-state index in [4.69, 9.17) is 5.63 Å². The van der Waals surface area contributed by atoms with E-state index in [-0.39, 0.29) is 11.6 Å². The predicted octanol–water partition coefficient (Wildman–Crippen LogP) is 8.20. The summed E-state index contributed by atoms with van der Waals surface area (Å²) < 4.78 is 44.2. The first kappa shape index (κ1) is 23.7. The van der Waals surface area contributed by atoms with Gasteiger partial charge in [0.25, 0.3) is 0 Å². The second-order valence-electron chi connectivity index (χ2n) is 10.2. The van der Waals surface area contributed by atoms with E-state index in [0.717, 1.165) is 12.8 Å². The van der Waals surface area contributed by atoms with Crippen LogP contribution in [0.5, 0.6) is 11.5 Å². The van der Waals surface area contributed by atoms with Crippen molar-refractivity contribution in [3.63, 3.8) is 0 Å². The molecule has 0 atom stereocenters. The van der Waals surface area contributed by atoms with Crippen molar-refractivity contribution in [2.45, 2.75) is 53.6 Å². The van der Waals surface area contributed by atoms with E-state index in [2.05, 4.69) is 40.8 Å². The summed E-state index contributed by atoms with van der Waals surface area (Å²) in [6.07, 6.45) is 1.70. The molecule has 0 unspecified atom stereocenters. The van der Waals surface area contributed by atoms with Crippen LogP contribution in [0.25, 0.3) is 0 Å². The molecule has 2 nitrogen and oxygen atoms in total. The molecule has 176 valence electrons. The minimum atomic E-state index is -4.31. The predicted molar refractivity (Wildman–Crippen MR) is 132 cm³/mol. The zero-order valence-corrected chi connectivity index (χ0v) is 24.1. The first-order chi connectivity index (χ1) is 16.0. The van der Waals surface area contributed by atoms with Gasteiger partial charge < -0.3 is 0 Å². The van der Waals surface area contributed by atoms with Gasteiger partial charge >= 0.3 is 208 Å². The average Bonchev–Trinajstić information content (AvgIpc) is 3.27. The van der Waals surface area contributed by atoms with E-state index < -0.39 is 29.2 Å². The van der Waals surface area contributed by atoms with Crippen LogP contribution in [0.3, 0.4) is 0 Å². The molecular formula is C28H30F2O2SiZr. The number of rotatable bonds is 4. The van der Waals surface area contributed by atoms with Crippen molar-refractivity contribution in [1.82, 2.24) is 0 Å². The number of hydrogen-bond acceptors (Lipinski definition) is 2. The van der Waals surface area contributed by atoms with Crippen LogP contribution in [0.2, 0.25) is 13.1 Å². The monoisotopic (exact) mass is 554 g/mol. The Kier molecular flexibility index (Phi) is 5.76. The van der Waals surface area contributed by atoms with E-state index in [1.807, 2.05) is 0 Å². The summed E-state index contributed by atoms with van der Waals surface area (Å²) in [7, 11) is -1.99. The van der Waals surface area contributed by atoms with Gasteiger partial charge in [0.05, 0.1) is 0 Å². The molecule has 6 heteroatoms. The van der Waals surface area contributed by atoms with Crippen LogP contribution in [0.4, 0.5) is 8.78 Å². The van der Waals surface area contributed by atoms with Gasteiger partial charge in [0.15, 0.2) is 0 Å². The first-order valence-corrected chi connectivity index (χ1v) is 19.2. The fourth-order valence-corrected chi connectivity index (χ4v) is 26.3. The summed E-state index contributed by atoms with van der Waals surface area (Å²) in [5.74, 6) is 0.667. The Morgan fingerprint density at radius 3 is 1.35 bits per heavy atom. The van der Waals surface area contributed by atoms with Crippen LogP contribution in [-0.2, 0) is 21.1 Å². The van der Waals surface area contributed by atoms with Crippen LogP contribution < -0.4 is 5.63 Å². The van der Waals surface area contributed by atoms with Crippen LogP contribution in [0.1, 0.15) is 40.5 Å². The van der Waals surface area contributed by atoms with Crippen molar-refractivity contribution in [1.29, 1.82) is 0 Å². The van der Waals surface area contributed by atoms with Gasteiger partial charge in [-0.25, -0.2) is 0 Å². The third-order valence-electron chi connectivity index (χ3n) is 7.71. The normalized spacial score (nSPS) is 20.7. The standard InChI is InChI=1S/C16H22Si.2C6H5FO.Zr/c1-11-7-9-15(13(11)3)17(5,6)16-10-8-12(2)14(16)4;2*7-5-1-3-6(8)4-2-5;/h7-8H2,1-6H3;2*1-4,8H;/q;;;+2/p-2. The minimum absolute atomic E-state index is 0.295. The SMILES string of the molecule is CC1=C(C)C2=[C](C1)[Zr]([O]c1ccc(F)cc1)([O]c1ccc(F)cc1)[C]1=C(C(C)=C(C)C1)[Si]2(C)C. The molecule has 0 N–H and O–H groups in total. The van der Waals surface area contributed by atoms with E-state index in [0.29, 0.717) is 11.5 Å². The summed E-state index contributed by atoms with van der Waals surface area (Å²) >= 11 is -4.31. The maximum absolute atomic E-state index is 13.8. The molecule has 0 aromatic heterocycles. The van der Waals surface area contributed by atoms with E-state index in [1.165, 1.54) is 63.5 Å². The molecule has 0 saturated heterocycles. The zero-order valence-electron chi connectivity index (χ0n) is 20.6. The summed E-state index contributed by atoms with van der Waals surface area (Å²) in [5, 5.41) is 2.94.